The van der Waals surface area contributed by atoms with Crippen LogP contribution in [0.15, 0.2) is 59.1 Å². The summed E-state index contributed by atoms with van der Waals surface area (Å²) in [7, 11) is 0. The predicted octanol–water partition coefficient (Wildman–Crippen LogP) is 4.79. The number of benzene rings is 2. The molecule has 0 saturated heterocycles. The van der Waals surface area contributed by atoms with Gasteiger partial charge in [-0.2, -0.15) is 0 Å². The lowest BCUT2D eigenvalue weighted by atomic mass is 10.1. The molecule has 0 atom stereocenters. The van der Waals surface area contributed by atoms with Gasteiger partial charge in [-0.15, -0.1) is 11.3 Å². The van der Waals surface area contributed by atoms with Gasteiger partial charge in [0, 0.05) is 21.3 Å². The van der Waals surface area contributed by atoms with Gasteiger partial charge in [0.2, 0.25) is 0 Å². The number of carbonyl (C=O) groups is 1. The first kappa shape index (κ1) is 15.9. The third kappa shape index (κ3) is 4.06. The molecule has 0 bridgehead atoms. The zero-order valence-electron chi connectivity index (χ0n) is 12.2. The van der Waals surface area contributed by atoms with E-state index in [1.54, 1.807) is 0 Å². The van der Waals surface area contributed by atoms with Crippen molar-refractivity contribution in [2.75, 3.05) is 0 Å². The van der Waals surface area contributed by atoms with Gasteiger partial charge in [0.1, 0.15) is 0 Å². The predicted molar refractivity (Wildman–Crippen MR) is 95.8 cm³/mol. The molecule has 1 N–H and O–H groups in total. The van der Waals surface area contributed by atoms with Crippen LogP contribution in [0.25, 0.3) is 11.3 Å². The number of halogens is 1. The third-order valence-corrected chi connectivity index (χ3v) is 4.95. The highest BCUT2D eigenvalue weighted by Gasteiger charge is 2.15. The van der Waals surface area contributed by atoms with Crippen molar-refractivity contribution in [1.82, 2.24) is 4.98 Å². The molecule has 0 saturated carbocycles. The highest BCUT2D eigenvalue weighted by atomic mass is 79.9. The average Bonchev–Trinajstić information content (AvgIpc) is 2.92. The summed E-state index contributed by atoms with van der Waals surface area (Å²) in [5.41, 5.74) is 2.90. The number of thiazole rings is 1. The van der Waals surface area contributed by atoms with Crippen molar-refractivity contribution in [1.29, 1.82) is 0 Å². The van der Waals surface area contributed by atoms with E-state index < -0.39 is 5.97 Å². The second kappa shape index (κ2) is 7.06. The Kier molecular flexibility index (Phi) is 4.88. The normalized spacial score (nSPS) is 10.7. The number of nitrogens with zero attached hydrogens (tertiary/aromatic N) is 1. The quantitative estimate of drug-likeness (QED) is 0.684. The van der Waals surface area contributed by atoms with Gasteiger partial charge in [-0.25, -0.2) is 4.98 Å². The van der Waals surface area contributed by atoms with Gasteiger partial charge in [-0.3, -0.25) is 4.79 Å². The van der Waals surface area contributed by atoms with Crippen LogP contribution in [0.4, 0.5) is 0 Å². The Hall–Kier alpha value is -1.98. The molecule has 3 aromatic rings. The van der Waals surface area contributed by atoms with Crippen LogP contribution in [-0.2, 0) is 17.6 Å². The van der Waals surface area contributed by atoms with Crippen LogP contribution in [0.3, 0.4) is 0 Å². The van der Waals surface area contributed by atoms with Gasteiger partial charge < -0.3 is 5.11 Å². The van der Waals surface area contributed by atoms with Gasteiger partial charge in [0.25, 0.3) is 0 Å². The molecule has 3 nitrogen and oxygen atoms in total. The molecule has 0 aliphatic heterocycles. The van der Waals surface area contributed by atoms with Gasteiger partial charge in [-0.05, 0) is 17.7 Å². The van der Waals surface area contributed by atoms with Crippen LogP contribution < -0.4 is 0 Å². The summed E-state index contributed by atoms with van der Waals surface area (Å²) in [6.07, 6.45) is 0.708. The van der Waals surface area contributed by atoms with Crippen LogP contribution in [-0.4, -0.2) is 16.1 Å². The summed E-state index contributed by atoms with van der Waals surface area (Å²) in [5, 5.41) is 10.1. The zero-order valence-corrected chi connectivity index (χ0v) is 14.6. The number of rotatable bonds is 5. The number of hydrogen-bond acceptors (Lipinski definition) is 3. The molecule has 0 aliphatic rings. The molecule has 3 rings (SSSR count). The highest BCUT2D eigenvalue weighted by molar-refractivity contribution is 9.10. The Morgan fingerprint density at radius 1 is 1.09 bits per heavy atom. The average molecular weight is 388 g/mol. The largest absolute Gasteiger partial charge is 0.481 e. The fourth-order valence-corrected chi connectivity index (χ4v) is 3.71. The Morgan fingerprint density at radius 2 is 1.78 bits per heavy atom. The molecule has 2 aromatic carbocycles. The van der Waals surface area contributed by atoms with E-state index in [4.69, 9.17) is 10.1 Å². The van der Waals surface area contributed by atoms with Crippen LogP contribution in [0.1, 0.15) is 15.4 Å². The summed E-state index contributed by atoms with van der Waals surface area (Å²) in [6.45, 7) is 0. The third-order valence-electron chi connectivity index (χ3n) is 3.37. The fourth-order valence-electron chi connectivity index (χ4n) is 2.33. The molecular weight excluding hydrogens is 374 g/mol. The highest BCUT2D eigenvalue weighted by Crippen LogP contribution is 2.30. The van der Waals surface area contributed by atoms with Crippen molar-refractivity contribution in [2.24, 2.45) is 0 Å². The van der Waals surface area contributed by atoms with Crippen molar-refractivity contribution < 1.29 is 9.90 Å². The number of aliphatic carboxylic acids is 1. The summed E-state index contributed by atoms with van der Waals surface area (Å²) >= 11 is 4.90. The lowest BCUT2D eigenvalue weighted by molar-refractivity contribution is -0.136. The Morgan fingerprint density at radius 3 is 2.43 bits per heavy atom. The standard InChI is InChI=1S/C18H14BrNO2S/c19-14-8-6-12(7-9-14)10-16-20-18(13-4-2-1-3-5-13)15(23-16)11-17(21)22/h1-9H,10-11H2,(H,21,22). The minimum Gasteiger partial charge on any atom is -0.481 e. The number of carboxylic acid groups (broad SMARTS) is 1. The van der Waals surface area contributed by atoms with E-state index in [0.29, 0.717) is 6.42 Å². The molecular formula is C18H14BrNO2S. The smallest absolute Gasteiger partial charge is 0.308 e. The summed E-state index contributed by atoms with van der Waals surface area (Å²) in [5.74, 6) is -0.832. The van der Waals surface area contributed by atoms with Gasteiger partial charge in [0.15, 0.2) is 0 Å². The SMILES string of the molecule is O=C(O)Cc1sc(Cc2ccc(Br)cc2)nc1-c1ccccc1. The minimum absolute atomic E-state index is 0.00221. The first-order valence-corrected chi connectivity index (χ1v) is 8.73. The maximum atomic E-state index is 11.1. The van der Waals surface area contributed by atoms with Gasteiger partial charge >= 0.3 is 5.97 Å². The van der Waals surface area contributed by atoms with Crippen molar-refractivity contribution in [3.63, 3.8) is 0 Å². The van der Waals surface area contributed by atoms with Gasteiger partial charge in [-0.1, -0.05) is 58.4 Å². The molecule has 5 heteroatoms. The zero-order chi connectivity index (χ0) is 16.2. The van der Waals surface area contributed by atoms with E-state index >= 15 is 0 Å². The maximum absolute atomic E-state index is 11.1. The molecule has 0 radical (unpaired) electrons. The second-order valence-corrected chi connectivity index (χ2v) is 7.20. The van der Waals surface area contributed by atoms with Gasteiger partial charge in [0.05, 0.1) is 17.1 Å². The van der Waals surface area contributed by atoms with Crippen LogP contribution in [0, 0.1) is 0 Å². The minimum atomic E-state index is -0.832. The molecule has 0 aliphatic carbocycles. The van der Waals surface area contributed by atoms with E-state index in [0.717, 1.165) is 31.2 Å². The Balaban J connectivity index is 1.94. The molecule has 23 heavy (non-hydrogen) atoms. The van der Waals surface area contributed by atoms with E-state index in [1.165, 1.54) is 11.3 Å². The first-order chi connectivity index (χ1) is 11.1. The molecule has 0 amide bonds. The molecule has 0 unspecified atom stereocenters. The molecule has 1 heterocycles. The molecule has 1 aromatic heterocycles. The number of aromatic nitrogens is 1. The van der Waals surface area contributed by atoms with Crippen LogP contribution >= 0.6 is 27.3 Å². The van der Waals surface area contributed by atoms with E-state index in [2.05, 4.69) is 15.9 Å². The van der Waals surface area contributed by atoms with E-state index in [1.807, 2.05) is 54.6 Å². The van der Waals surface area contributed by atoms with Crippen LogP contribution in [0.2, 0.25) is 0 Å². The van der Waals surface area contributed by atoms with Crippen molar-refractivity contribution in [3.8, 4) is 11.3 Å². The second-order valence-electron chi connectivity index (χ2n) is 5.12. The summed E-state index contributed by atoms with van der Waals surface area (Å²) in [6, 6.07) is 17.8. The number of hydrogen-bond donors (Lipinski definition) is 1. The van der Waals surface area contributed by atoms with Crippen molar-refractivity contribution in [3.05, 3.63) is 74.5 Å². The van der Waals surface area contributed by atoms with E-state index in [-0.39, 0.29) is 6.42 Å². The van der Waals surface area contributed by atoms with Crippen molar-refractivity contribution >= 4 is 33.2 Å². The molecule has 116 valence electrons. The lowest BCUT2D eigenvalue weighted by Crippen LogP contribution is -1.99. The first-order valence-electron chi connectivity index (χ1n) is 7.12. The number of carboxylic acids is 1. The monoisotopic (exact) mass is 387 g/mol. The summed E-state index contributed by atoms with van der Waals surface area (Å²) in [4.78, 5) is 16.6. The van der Waals surface area contributed by atoms with Crippen LogP contribution in [0.5, 0.6) is 0 Å². The van der Waals surface area contributed by atoms with Crippen molar-refractivity contribution in [2.45, 2.75) is 12.8 Å². The topological polar surface area (TPSA) is 50.2 Å². The van der Waals surface area contributed by atoms with E-state index in [9.17, 15) is 4.79 Å². The Labute approximate surface area is 146 Å². The fraction of sp³-hybridized carbons (Fsp3) is 0.111. The molecule has 0 spiro atoms. The summed E-state index contributed by atoms with van der Waals surface area (Å²) < 4.78 is 1.04. The lowest BCUT2D eigenvalue weighted by Gasteiger charge is -1.99. The molecule has 0 fully saturated rings. The Bertz CT molecular complexity index is 813. The maximum Gasteiger partial charge on any atom is 0.308 e.